The first-order chi connectivity index (χ1) is 4.29. The Morgan fingerprint density at radius 1 is 1.56 bits per heavy atom. The van der Waals surface area contributed by atoms with Crippen LogP contribution in [0, 0.1) is 0 Å². The molecule has 2 fully saturated rings. The molecule has 2 unspecified atom stereocenters. The van der Waals surface area contributed by atoms with E-state index in [1.807, 2.05) is 0 Å². The number of rotatable bonds is 0. The second-order valence-electron chi connectivity index (χ2n) is 2.98. The molecule has 0 radical (unpaired) electrons. The zero-order chi connectivity index (χ0) is 6.32. The van der Waals surface area contributed by atoms with Gasteiger partial charge in [0.1, 0.15) is 0 Å². The van der Waals surface area contributed by atoms with Crippen LogP contribution in [0.15, 0.2) is 0 Å². The average Bonchev–Trinajstić information content (AvgIpc) is 2.07. The van der Waals surface area contributed by atoms with Gasteiger partial charge in [-0.1, -0.05) is 0 Å². The van der Waals surface area contributed by atoms with Crippen molar-refractivity contribution in [2.75, 3.05) is 13.1 Å². The molecule has 0 saturated carbocycles. The summed E-state index contributed by atoms with van der Waals surface area (Å²) in [5, 5.41) is 5.99. The third-order valence-electron chi connectivity index (χ3n) is 2.15. The minimum atomic E-state index is -1.07. The summed E-state index contributed by atoms with van der Waals surface area (Å²) in [6, 6.07) is 0.392. The predicted molar refractivity (Wildman–Crippen MR) is 32.9 cm³/mol. The Labute approximate surface area is 53.8 Å². The lowest BCUT2D eigenvalue weighted by Gasteiger charge is -2.27. The number of fused-ring (bicyclic) bond motifs is 2. The van der Waals surface area contributed by atoms with E-state index in [0.29, 0.717) is 19.0 Å². The summed E-state index contributed by atoms with van der Waals surface area (Å²) in [5.74, 6) is -1.07. The van der Waals surface area contributed by atoms with Crippen molar-refractivity contribution in [2.24, 2.45) is 0 Å². The SMILES string of the molecule is FC12CCC(CNC1)N2. The van der Waals surface area contributed by atoms with Crippen LogP contribution < -0.4 is 10.6 Å². The van der Waals surface area contributed by atoms with Gasteiger partial charge in [-0.25, -0.2) is 4.39 Å². The molecule has 2 atom stereocenters. The van der Waals surface area contributed by atoms with Gasteiger partial charge in [-0.15, -0.1) is 0 Å². The summed E-state index contributed by atoms with van der Waals surface area (Å²) in [7, 11) is 0. The van der Waals surface area contributed by atoms with Crippen molar-refractivity contribution in [2.45, 2.75) is 24.7 Å². The number of alkyl halides is 1. The van der Waals surface area contributed by atoms with Crippen LogP contribution in [-0.4, -0.2) is 24.9 Å². The summed E-state index contributed by atoms with van der Waals surface area (Å²) >= 11 is 0. The van der Waals surface area contributed by atoms with Gasteiger partial charge < -0.3 is 5.32 Å². The molecule has 52 valence electrons. The first kappa shape index (κ1) is 5.62. The van der Waals surface area contributed by atoms with E-state index in [4.69, 9.17) is 0 Å². The lowest BCUT2D eigenvalue weighted by Crippen LogP contribution is -2.55. The van der Waals surface area contributed by atoms with Crippen molar-refractivity contribution in [3.8, 4) is 0 Å². The first-order valence-corrected chi connectivity index (χ1v) is 3.46. The van der Waals surface area contributed by atoms with Gasteiger partial charge in [-0.2, -0.15) is 0 Å². The van der Waals surface area contributed by atoms with E-state index in [9.17, 15) is 4.39 Å². The van der Waals surface area contributed by atoms with E-state index < -0.39 is 5.79 Å². The van der Waals surface area contributed by atoms with E-state index in [2.05, 4.69) is 10.6 Å². The van der Waals surface area contributed by atoms with Gasteiger partial charge in [0.25, 0.3) is 0 Å². The van der Waals surface area contributed by atoms with E-state index in [1.54, 1.807) is 0 Å². The molecule has 0 spiro atoms. The summed E-state index contributed by atoms with van der Waals surface area (Å²) < 4.78 is 13.2. The number of nitrogens with one attached hydrogen (secondary N) is 2. The normalized spacial score (nSPS) is 49.7. The van der Waals surface area contributed by atoms with Gasteiger partial charge in [-0.3, -0.25) is 5.32 Å². The largest absolute Gasteiger partial charge is 0.311 e. The Balaban J connectivity index is 2.13. The van der Waals surface area contributed by atoms with Gasteiger partial charge in [0, 0.05) is 19.1 Å². The molecule has 2 saturated heterocycles. The second-order valence-corrected chi connectivity index (χ2v) is 2.98. The quantitative estimate of drug-likeness (QED) is 0.451. The molecule has 0 amide bonds. The van der Waals surface area contributed by atoms with Crippen LogP contribution in [0.4, 0.5) is 4.39 Å². The molecule has 2 bridgehead atoms. The van der Waals surface area contributed by atoms with Crippen LogP contribution in [0.1, 0.15) is 12.8 Å². The molecule has 0 aromatic rings. The number of halogens is 1. The maximum absolute atomic E-state index is 13.2. The molecular weight excluding hydrogens is 119 g/mol. The molecule has 2 aliphatic heterocycles. The van der Waals surface area contributed by atoms with E-state index in [0.717, 1.165) is 13.0 Å². The summed E-state index contributed by atoms with van der Waals surface area (Å²) in [4.78, 5) is 0. The first-order valence-electron chi connectivity index (χ1n) is 3.46. The zero-order valence-electron chi connectivity index (χ0n) is 5.28. The third-order valence-corrected chi connectivity index (χ3v) is 2.15. The number of hydrogen-bond acceptors (Lipinski definition) is 2. The fourth-order valence-electron chi connectivity index (χ4n) is 1.65. The van der Waals surface area contributed by atoms with Crippen LogP contribution in [0.3, 0.4) is 0 Å². The molecule has 2 rings (SSSR count). The minimum Gasteiger partial charge on any atom is -0.311 e. The summed E-state index contributed by atoms with van der Waals surface area (Å²) in [6.45, 7) is 1.43. The lowest BCUT2D eigenvalue weighted by atomic mass is 10.2. The Morgan fingerprint density at radius 3 is 3.11 bits per heavy atom. The van der Waals surface area contributed by atoms with Crippen LogP contribution in [-0.2, 0) is 0 Å². The smallest absolute Gasteiger partial charge is 0.174 e. The van der Waals surface area contributed by atoms with Crippen LogP contribution in [0.25, 0.3) is 0 Å². The molecule has 9 heavy (non-hydrogen) atoms. The molecule has 0 aromatic heterocycles. The molecule has 2 heterocycles. The van der Waals surface area contributed by atoms with Gasteiger partial charge in [0.15, 0.2) is 5.79 Å². The molecule has 2 N–H and O–H groups in total. The van der Waals surface area contributed by atoms with Crippen molar-refractivity contribution < 1.29 is 4.39 Å². The molecular formula is C6H11FN2. The van der Waals surface area contributed by atoms with E-state index in [1.165, 1.54) is 0 Å². The molecule has 0 aliphatic carbocycles. The summed E-state index contributed by atoms with van der Waals surface area (Å²) in [6.07, 6.45) is 1.67. The lowest BCUT2D eigenvalue weighted by molar-refractivity contribution is 0.115. The van der Waals surface area contributed by atoms with Crippen LogP contribution >= 0.6 is 0 Å². The Hall–Kier alpha value is -0.150. The van der Waals surface area contributed by atoms with E-state index in [-0.39, 0.29) is 0 Å². The van der Waals surface area contributed by atoms with Gasteiger partial charge >= 0.3 is 0 Å². The highest BCUT2D eigenvalue weighted by Gasteiger charge is 2.41. The van der Waals surface area contributed by atoms with Gasteiger partial charge in [0.2, 0.25) is 0 Å². The van der Waals surface area contributed by atoms with Crippen molar-refractivity contribution in [1.29, 1.82) is 0 Å². The molecule has 2 nitrogen and oxygen atoms in total. The highest BCUT2D eigenvalue weighted by molar-refractivity contribution is 4.96. The average molecular weight is 130 g/mol. The van der Waals surface area contributed by atoms with Crippen molar-refractivity contribution in [3.05, 3.63) is 0 Å². The monoisotopic (exact) mass is 130 g/mol. The topological polar surface area (TPSA) is 24.1 Å². The fraction of sp³-hybridized carbons (Fsp3) is 1.00. The van der Waals surface area contributed by atoms with E-state index >= 15 is 0 Å². The standard InChI is InChI=1S/C6H11FN2/c7-6-2-1-5(9-6)3-8-4-6/h5,8-9H,1-4H2. The maximum atomic E-state index is 13.2. The fourth-order valence-corrected chi connectivity index (χ4v) is 1.65. The predicted octanol–water partition coefficient (Wildman–Crippen LogP) is 0.00740. The summed E-state index contributed by atoms with van der Waals surface area (Å²) in [5.41, 5.74) is 0. The van der Waals surface area contributed by atoms with Crippen molar-refractivity contribution in [1.82, 2.24) is 10.6 Å². The van der Waals surface area contributed by atoms with Crippen LogP contribution in [0.5, 0.6) is 0 Å². The molecule has 2 aliphatic rings. The Bertz CT molecular complexity index is 124. The highest BCUT2D eigenvalue weighted by Crippen LogP contribution is 2.26. The molecule has 0 aromatic carbocycles. The maximum Gasteiger partial charge on any atom is 0.174 e. The second kappa shape index (κ2) is 1.67. The van der Waals surface area contributed by atoms with Gasteiger partial charge in [-0.05, 0) is 12.8 Å². The van der Waals surface area contributed by atoms with Gasteiger partial charge in [0.05, 0.1) is 0 Å². The highest BCUT2D eigenvalue weighted by atomic mass is 19.1. The molecule has 3 heteroatoms. The Kier molecular flexibility index (Phi) is 1.04. The Morgan fingerprint density at radius 2 is 2.44 bits per heavy atom. The van der Waals surface area contributed by atoms with Crippen molar-refractivity contribution in [3.63, 3.8) is 0 Å². The number of piperazine rings is 1. The zero-order valence-corrected chi connectivity index (χ0v) is 5.28. The van der Waals surface area contributed by atoms with Crippen molar-refractivity contribution >= 4 is 0 Å². The minimum absolute atomic E-state index is 0.392. The number of hydrogen-bond donors (Lipinski definition) is 2. The third kappa shape index (κ3) is 0.843. The van der Waals surface area contributed by atoms with Crippen LogP contribution in [0.2, 0.25) is 0 Å².